The lowest BCUT2D eigenvalue weighted by Gasteiger charge is -2.47. The fraction of sp³-hybridized carbons (Fsp3) is 0.510. The highest BCUT2D eigenvalue weighted by Gasteiger charge is 2.46. The maximum absolute atomic E-state index is 6.44. The molecule has 7 fully saturated rings. The molecule has 0 spiro atoms. The van der Waals surface area contributed by atoms with Gasteiger partial charge in [0, 0.05) is 76.5 Å². The van der Waals surface area contributed by atoms with Gasteiger partial charge in [-0.05, 0) is 76.5 Å². The first kappa shape index (κ1) is 39.2. The number of morpholine rings is 1. The molecule has 2 saturated carbocycles. The van der Waals surface area contributed by atoms with Crippen LogP contribution in [0.1, 0.15) is 70.6 Å². The van der Waals surface area contributed by atoms with Crippen LogP contribution in [0.15, 0.2) is 71.7 Å². The predicted octanol–water partition coefficient (Wildman–Crippen LogP) is 9.21. The summed E-state index contributed by atoms with van der Waals surface area (Å²) >= 11 is 3.40. The molecule has 1 N–H and O–H groups in total. The number of hydrogen-bond donors (Lipinski definition) is 1. The smallest absolute Gasteiger partial charge is 0.320 e. The summed E-state index contributed by atoms with van der Waals surface area (Å²) in [5, 5.41) is 10.4. The highest BCUT2D eigenvalue weighted by Crippen LogP contribution is 2.48. The van der Waals surface area contributed by atoms with E-state index in [0.717, 1.165) is 83.1 Å². The zero-order valence-corrected chi connectivity index (χ0v) is 37.3. The number of nitrogens with zero attached hydrogens (tertiary/aromatic N) is 7. The van der Waals surface area contributed by atoms with Crippen molar-refractivity contribution in [2.24, 2.45) is 5.92 Å². The Bertz CT molecular complexity index is 2530. The molecule has 5 saturated heterocycles. The monoisotopic (exact) mass is 868 g/mol. The molecule has 7 atom stereocenters. The Kier molecular flexibility index (Phi) is 10.3. The average molecular weight is 869 g/mol. The third-order valence-corrected chi connectivity index (χ3v) is 17.2. The molecule has 0 radical (unpaired) electrons. The normalized spacial score (nSPS) is 28.8. The molecule has 13 heteroatoms. The van der Waals surface area contributed by atoms with E-state index in [1.165, 1.54) is 73.4 Å². The maximum atomic E-state index is 6.44. The minimum absolute atomic E-state index is 0.228. The van der Waals surface area contributed by atoms with Crippen molar-refractivity contribution >= 4 is 54.7 Å². The first-order chi connectivity index (χ1) is 30.6. The summed E-state index contributed by atoms with van der Waals surface area (Å²) in [4.78, 5) is 29.5. The number of nitrogens with one attached hydrogen (secondary N) is 1. The molecule has 322 valence electrons. The molecule has 7 aliphatic rings. The Labute approximate surface area is 371 Å². The van der Waals surface area contributed by atoms with Gasteiger partial charge in [0.25, 0.3) is 0 Å². The number of benzene rings is 2. The second-order valence-electron chi connectivity index (χ2n) is 18.7. The first-order valence-corrected chi connectivity index (χ1v) is 24.8. The van der Waals surface area contributed by atoms with E-state index in [2.05, 4.69) is 85.3 Å². The van der Waals surface area contributed by atoms with Gasteiger partial charge in [-0.2, -0.15) is 9.97 Å². The molecule has 6 bridgehead atoms. The van der Waals surface area contributed by atoms with Crippen LogP contribution >= 0.6 is 22.7 Å². The standard InChI is InChI=1S/C25H30N4OS.C24H26N4O2S/c1-28(16-6-5-7-16)19-12-17-10-11-18(13-19)29(17)24-23-21(14-31-25(23)27-15-26-24)20-8-3-4-9-22(20)30-2;1-2-4-14(5-3-1)19-13-31-23-21(19)22(28-17-6-7-18(28)12-29-11-17)26-24(27-23)30-20-9-16-8-15(20)10-25-16/h3-4,8-9,14-19H,5-7,10-13H2,1-2H3;1-5,13,15-18,20,25H,6-12H2. The SMILES string of the molecule is COc1ccccc1-c1csc2ncnc(N3C4CCC3CC(N(C)C3CCC3)C4)c12.c1ccc(-c2csc3nc(OC4CC5CC4CN5)nc(N4C5CCC4COC5)c23)cc1. The van der Waals surface area contributed by atoms with Gasteiger partial charge in [-0.25, -0.2) is 9.97 Å². The lowest BCUT2D eigenvalue weighted by Crippen LogP contribution is -2.53. The quantitative estimate of drug-likeness (QED) is 0.151. The summed E-state index contributed by atoms with van der Waals surface area (Å²) in [5.74, 6) is 3.65. The molecule has 13 rings (SSSR count). The largest absolute Gasteiger partial charge is 0.496 e. The van der Waals surface area contributed by atoms with E-state index in [-0.39, 0.29) is 6.10 Å². The lowest BCUT2D eigenvalue weighted by atomic mass is 9.87. The second-order valence-corrected chi connectivity index (χ2v) is 20.5. The van der Waals surface area contributed by atoms with Gasteiger partial charge >= 0.3 is 6.01 Å². The molecule has 0 amide bonds. The fourth-order valence-corrected chi connectivity index (χ4v) is 13.9. The van der Waals surface area contributed by atoms with E-state index >= 15 is 0 Å². The van der Waals surface area contributed by atoms with Gasteiger partial charge in [-0.1, -0.05) is 55.0 Å². The number of ether oxygens (including phenoxy) is 3. The topological polar surface area (TPSA) is 101 Å². The number of hydrogen-bond acceptors (Lipinski definition) is 13. The molecule has 9 heterocycles. The predicted molar refractivity (Wildman–Crippen MR) is 249 cm³/mol. The van der Waals surface area contributed by atoms with E-state index in [9.17, 15) is 0 Å². The van der Waals surface area contributed by atoms with Gasteiger partial charge in [-0.15, -0.1) is 22.7 Å². The Morgan fingerprint density at radius 3 is 2.15 bits per heavy atom. The van der Waals surface area contributed by atoms with Crippen LogP contribution in [0.25, 0.3) is 42.7 Å². The first-order valence-electron chi connectivity index (χ1n) is 23.0. The number of anilines is 2. The molecule has 4 aromatic heterocycles. The highest BCUT2D eigenvalue weighted by atomic mass is 32.1. The molecule has 2 aliphatic carbocycles. The number of thiophene rings is 2. The Morgan fingerprint density at radius 2 is 1.42 bits per heavy atom. The zero-order valence-electron chi connectivity index (χ0n) is 35.7. The Balaban J connectivity index is 0.000000132. The second kappa shape index (κ2) is 16.3. The molecule has 5 aliphatic heterocycles. The van der Waals surface area contributed by atoms with Crippen LogP contribution in [-0.2, 0) is 4.74 Å². The van der Waals surface area contributed by atoms with Crippen LogP contribution in [0, 0.1) is 5.92 Å². The van der Waals surface area contributed by atoms with Crippen molar-refractivity contribution in [1.29, 1.82) is 0 Å². The molecule has 62 heavy (non-hydrogen) atoms. The summed E-state index contributed by atoms with van der Waals surface area (Å²) < 4.78 is 18.0. The molecule has 6 aromatic rings. The minimum atomic E-state index is 0.228. The van der Waals surface area contributed by atoms with E-state index in [1.54, 1.807) is 36.1 Å². The van der Waals surface area contributed by atoms with E-state index in [4.69, 9.17) is 29.2 Å². The summed E-state index contributed by atoms with van der Waals surface area (Å²) in [6, 6.07) is 23.5. The van der Waals surface area contributed by atoms with Crippen molar-refractivity contribution in [3.8, 4) is 34.0 Å². The third-order valence-electron chi connectivity index (χ3n) is 15.4. The van der Waals surface area contributed by atoms with Crippen LogP contribution in [0.4, 0.5) is 11.6 Å². The van der Waals surface area contributed by atoms with E-state index < -0.39 is 0 Å². The van der Waals surface area contributed by atoms with Crippen LogP contribution in [0.5, 0.6) is 11.8 Å². The van der Waals surface area contributed by atoms with E-state index in [0.29, 0.717) is 48.2 Å². The lowest BCUT2D eigenvalue weighted by molar-refractivity contribution is 0.0859. The summed E-state index contributed by atoms with van der Waals surface area (Å²) in [6.45, 7) is 2.61. The van der Waals surface area contributed by atoms with Crippen LogP contribution in [0.3, 0.4) is 0 Å². The van der Waals surface area contributed by atoms with Gasteiger partial charge < -0.3 is 34.2 Å². The van der Waals surface area contributed by atoms with Gasteiger partial charge in [0.15, 0.2) is 0 Å². The van der Waals surface area contributed by atoms with Crippen molar-refractivity contribution in [2.75, 3.05) is 43.7 Å². The molecule has 11 nitrogen and oxygen atoms in total. The van der Waals surface area contributed by atoms with Crippen LogP contribution < -0.4 is 24.6 Å². The number of para-hydroxylation sites is 1. The summed E-state index contributed by atoms with van der Waals surface area (Å²) in [6.07, 6.45) is 15.8. The van der Waals surface area contributed by atoms with Crippen molar-refractivity contribution < 1.29 is 14.2 Å². The number of methoxy groups -OCH3 is 1. The summed E-state index contributed by atoms with van der Waals surface area (Å²) in [7, 11) is 4.11. The maximum Gasteiger partial charge on any atom is 0.320 e. The zero-order chi connectivity index (χ0) is 41.3. The van der Waals surface area contributed by atoms with Crippen molar-refractivity contribution in [2.45, 2.75) is 119 Å². The van der Waals surface area contributed by atoms with Crippen molar-refractivity contribution in [3.63, 3.8) is 0 Å². The molecular weight excluding hydrogens is 813 g/mol. The number of aromatic nitrogens is 4. The molecule has 7 unspecified atom stereocenters. The summed E-state index contributed by atoms with van der Waals surface area (Å²) in [5.41, 5.74) is 4.75. The van der Waals surface area contributed by atoms with Crippen LogP contribution in [0.2, 0.25) is 0 Å². The van der Waals surface area contributed by atoms with Gasteiger partial charge in [-0.3, -0.25) is 0 Å². The Morgan fingerprint density at radius 1 is 0.710 bits per heavy atom. The van der Waals surface area contributed by atoms with Crippen molar-refractivity contribution in [3.05, 3.63) is 71.7 Å². The van der Waals surface area contributed by atoms with Gasteiger partial charge in [0.1, 0.15) is 39.5 Å². The third kappa shape index (κ3) is 6.85. The fourth-order valence-electron chi connectivity index (χ4n) is 12.1. The average Bonchev–Trinajstić information content (AvgIpc) is 4.16. The molecule has 2 aromatic carbocycles. The number of piperidine rings is 2. The van der Waals surface area contributed by atoms with Crippen LogP contribution in [-0.4, -0.2) is 107 Å². The van der Waals surface area contributed by atoms with E-state index in [1.807, 2.05) is 12.1 Å². The number of fused-ring (bicyclic) bond motifs is 8. The van der Waals surface area contributed by atoms with Gasteiger partial charge in [0.2, 0.25) is 0 Å². The minimum Gasteiger partial charge on any atom is -0.496 e. The van der Waals surface area contributed by atoms with Crippen molar-refractivity contribution in [1.82, 2.24) is 30.2 Å². The highest BCUT2D eigenvalue weighted by molar-refractivity contribution is 7.17. The molecular formula is C49H56N8O3S2. The Hall–Kier alpha value is -4.40. The number of rotatable bonds is 9. The van der Waals surface area contributed by atoms with Gasteiger partial charge in [0.05, 0.1) is 43.2 Å².